The number of hydrogen-bond acceptors (Lipinski definition) is 13. The molecule has 0 bridgehead atoms. The summed E-state index contributed by atoms with van der Waals surface area (Å²) in [5.74, 6) is -0.249. The molecular weight excluding hydrogens is 1180 g/mol. The predicted molar refractivity (Wildman–Crippen MR) is 387 cm³/mol. The zero-order valence-corrected chi connectivity index (χ0v) is 59.2. The van der Waals surface area contributed by atoms with Gasteiger partial charge in [0, 0.05) is 6.42 Å². The van der Waals surface area contributed by atoms with E-state index in [-0.39, 0.29) is 18.9 Å². The van der Waals surface area contributed by atoms with Crippen molar-refractivity contribution in [2.75, 3.05) is 19.8 Å². The van der Waals surface area contributed by atoms with Crippen molar-refractivity contribution >= 4 is 5.91 Å². The number of aliphatic hydroxyl groups is 8. The number of hydrogen-bond donors (Lipinski definition) is 9. The van der Waals surface area contributed by atoms with Gasteiger partial charge >= 0.3 is 0 Å². The van der Waals surface area contributed by atoms with E-state index in [2.05, 4.69) is 116 Å². The molecule has 0 spiro atoms. The van der Waals surface area contributed by atoms with E-state index >= 15 is 0 Å². The Bertz CT molecular complexity index is 2000. The van der Waals surface area contributed by atoms with Gasteiger partial charge in [-0.15, -0.1) is 0 Å². The molecule has 0 aliphatic carbocycles. The number of unbranched alkanes of at least 4 members (excludes halogenated alkanes) is 33. The summed E-state index contributed by atoms with van der Waals surface area (Å²) in [6, 6.07) is -0.937. The molecule has 1 amide bonds. The van der Waals surface area contributed by atoms with Crippen LogP contribution in [0.5, 0.6) is 0 Å². The maximum absolute atomic E-state index is 13.4. The Morgan fingerprint density at radius 2 is 0.745 bits per heavy atom. The summed E-state index contributed by atoms with van der Waals surface area (Å²) in [7, 11) is 0. The highest BCUT2D eigenvalue weighted by Gasteiger charge is 2.51. The number of rotatable bonds is 62. The van der Waals surface area contributed by atoms with E-state index in [0.29, 0.717) is 12.8 Å². The molecule has 14 nitrogen and oxygen atoms in total. The van der Waals surface area contributed by atoms with Crippen LogP contribution < -0.4 is 5.32 Å². The highest BCUT2D eigenvalue weighted by Crippen LogP contribution is 2.30. The van der Waals surface area contributed by atoms with Gasteiger partial charge in [-0.1, -0.05) is 309 Å². The first-order valence-electron chi connectivity index (χ1n) is 38.1. The average molecular weight is 1320 g/mol. The van der Waals surface area contributed by atoms with E-state index in [9.17, 15) is 45.6 Å². The van der Waals surface area contributed by atoms with Crippen molar-refractivity contribution in [2.24, 2.45) is 0 Å². The molecule has 2 heterocycles. The van der Waals surface area contributed by atoms with E-state index in [4.69, 9.17) is 18.9 Å². The summed E-state index contributed by atoms with van der Waals surface area (Å²) in [4.78, 5) is 13.4. The number of aliphatic hydroxyl groups excluding tert-OH is 8. The van der Waals surface area contributed by atoms with E-state index in [1.807, 2.05) is 6.08 Å². The van der Waals surface area contributed by atoms with Gasteiger partial charge in [-0.25, -0.2) is 0 Å². The summed E-state index contributed by atoms with van der Waals surface area (Å²) >= 11 is 0. The van der Waals surface area contributed by atoms with E-state index in [1.54, 1.807) is 6.08 Å². The highest BCUT2D eigenvalue weighted by molar-refractivity contribution is 5.76. The molecule has 0 aromatic carbocycles. The van der Waals surface area contributed by atoms with E-state index < -0.39 is 86.8 Å². The molecule has 14 heteroatoms. The van der Waals surface area contributed by atoms with Crippen molar-refractivity contribution in [3.05, 3.63) is 109 Å². The highest BCUT2D eigenvalue weighted by atomic mass is 16.7. The molecular formula is C80H139NO13. The third-order valence-electron chi connectivity index (χ3n) is 17.9. The van der Waals surface area contributed by atoms with Gasteiger partial charge in [-0.05, 0) is 89.9 Å². The van der Waals surface area contributed by atoms with Gasteiger partial charge < -0.3 is 65.1 Å². The van der Waals surface area contributed by atoms with Crippen LogP contribution in [0.3, 0.4) is 0 Å². The molecule has 0 aromatic rings. The zero-order valence-electron chi connectivity index (χ0n) is 59.2. The van der Waals surface area contributed by atoms with Gasteiger partial charge in [-0.2, -0.15) is 0 Å². The molecule has 12 unspecified atom stereocenters. The number of carbonyl (C=O) groups excluding carboxylic acids is 1. The Kier molecular flexibility index (Phi) is 58.2. The van der Waals surface area contributed by atoms with Crippen LogP contribution in [0.25, 0.3) is 0 Å². The summed E-state index contributed by atoms with van der Waals surface area (Å²) < 4.78 is 22.9. The first kappa shape index (κ1) is 86.7. The first-order valence-corrected chi connectivity index (χ1v) is 38.1. The standard InChI is InChI=1S/C80H139NO13/c1-3-5-7-9-11-13-15-17-19-21-23-25-26-27-28-29-30-31-32-33-34-35-36-37-38-39-40-41-42-44-46-48-50-52-54-56-58-60-62-64-72(85)81-68(69(84)63-61-59-57-55-53-51-49-47-45-43-24-22-20-18-16-14-12-10-8-6-4-2)67-91-79-77(90)75(88)78(71(66-83)93-79)94-80-76(89)74(87)73(86)70(65-82)92-80/h5,7,11,13,17,19,23,25,27-28,30-31,33-34,53,55,61,63,68-71,73-80,82-84,86-90H,3-4,6,8-10,12,14-16,18,20-22,24,26,29,32,35-52,54,56-60,62,64-67H2,1-2H3,(H,81,85)/b7-5-,13-11-,19-17-,25-23-,28-27-,31-30-,34-33-,55-53+,63-61+. The van der Waals surface area contributed by atoms with Crippen molar-refractivity contribution in [3.63, 3.8) is 0 Å². The van der Waals surface area contributed by atoms with Crippen LogP contribution in [0.2, 0.25) is 0 Å². The minimum atomic E-state index is -1.79. The van der Waals surface area contributed by atoms with Crippen molar-refractivity contribution in [1.29, 1.82) is 0 Å². The Hall–Kier alpha value is -3.35. The van der Waals surface area contributed by atoms with E-state index in [1.165, 1.54) is 186 Å². The maximum Gasteiger partial charge on any atom is 0.220 e. The van der Waals surface area contributed by atoms with Crippen LogP contribution in [-0.2, 0) is 23.7 Å². The van der Waals surface area contributed by atoms with Crippen molar-refractivity contribution in [1.82, 2.24) is 5.32 Å². The summed E-state index contributed by atoms with van der Waals surface area (Å²) in [5.41, 5.74) is 0. The number of amides is 1. The third-order valence-corrected chi connectivity index (χ3v) is 17.9. The van der Waals surface area contributed by atoms with Crippen LogP contribution in [0, 0.1) is 0 Å². The number of nitrogens with one attached hydrogen (secondary N) is 1. The van der Waals surface area contributed by atoms with Gasteiger partial charge in [0.05, 0.1) is 32.0 Å². The molecule has 2 rings (SSSR count). The smallest absolute Gasteiger partial charge is 0.220 e. The number of carbonyl (C=O) groups is 1. The second-order valence-corrected chi connectivity index (χ2v) is 26.4. The Morgan fingerprint density at radius 3 is 1.17 bits per heavy atom. The lowest BCUT2D eigenvalue weighted by Gasteiger charge is -2.46. The summed E-state index contributed by atoms with van der Waals surface area (Å²) in [6.07, 6.45) is 74.4. The fraction of sp³-hybridized carbons (Fsp3) is 0.762. The Morgan fingerprint density at radius 1 is 0.394 bits per heavy atom. The van der Waals surface area contributed by atoms with Gasteiger partial charge in [0.1, 0.15) is 48.8 Å². The average Bonchev–Trinajstić information content (AvgIpc) is 0.794. The lowest BCUT2D eigenvalue weighted by molar-refractivity contribution is -0.359. The first-order chi connectivity index (χ1) is 46.1. The van der Waals surface area contributed by atoms with Crippen LogP contribution in [0.1, 0.15) is 296 Å². The predicted octanol–water partition coefficient (Wildman–Crippen LogP) is 16.7. The normalized spacial score (nSPS) is 23.1. The van der Waals surface area contributed by atoms with Crippen LogP contribution in [0.4, 0.5) is 0 Å². The molecule has 0 aromatic heterocycles. The minimum absolute atomic E-state index is 0.249. The molecule has 9 N–H and O–H groups in total. The SMILES string of the molecule is CC/C=C\C/C=C\C/C=C\C/C=C\C/C=C\C/C=C\C/C=C\CCCCCCCCCCCCCCCCCCCC(=O)NC(COC1OC(CO)C(OC2OC(CO)C(O)C(O)C2O)C(O)C1O)C(O)/C=C/CC/C=C/CCCCCCCCCCCCCCCCC. The minimum Gasteiger partial charge on any atom is -0.394 e. The molecule has 2 aliphatic rings. The lowest BCUT2D eigenvalue weighted by Crippen LogP contribution is -2.65. The monoisotopic (exact) mass is 1320 g/mol. The van der Waals surface area contributed by atoms with Crippen LogP contribution >= 0.6 is 0 Å². The molecule has 2 saturated heterocycles. The van der Waals surface area contributed by atoms with Crippen molar-refractivity contribution < 1.29 is 64.6 Å². The van der Waals surface area contributed by atoms with Gasteiger partial charge in [0.25, 0.3) is 0 Å². The second-order valence-electron chi connectivity index (χ2n) is 26.4. The van der Waals surface area contributed by atoms with Crippen molar-refractivity contribution in [3.8, 4) is 0 Å². The number of ether oxygens (including phenoxy) is 4. The quantitative estimate of drug-likeness (QED) is 0.0204. The molecule has 2 fully saturated rings. The maximum atomic E-state index is 13.4. The van der Waals surface area contributed by atoms with Crippen LogP contribution in [-0.4, -0.2) is 140 Å². The summed E-state index contributed by atoms with van der Waals surface area (Å²) in [5, 5.41) is 87.5. The fourth-order valence-corrected chi connectivity index (χ4v) is 11.9. The zero-order chi connectivity index (χ0) is 68.0. The largest absolute Gasteiger partial charge is 0.394 e. The topological polar surface area (TPSA) is 228 Å². The van der Waals surface area contributed by atoms with Gasteiger partial charge in [0.2, 0.25) is 5.91 Å². The third kappa shape index (κ3) is 46.0. The molecule has 0 radical (unpaired) electrons. The van der Waals surface area contributed by atoms with Crippen molar-refractivity contribution in [2.45, 2.75) is 370 Å². The second kappa shape index (κ2) is 63.1. The Balaban J connectivity index is 1.61. The molecule has 12 atom stereocenters. The van der Waals surface area contributed by atoms with E-state index in [0.717, 1.165) is 77.0 Å². The molecule has 2 aliphatic heterocycles. The van der Waals surface area contributed by atoms with Gasteiger partial charge in [0.15, 0.2) is 12.6 Å². The summed E-state index contributed by atoms with van der Waals surface area (Å²) in [6.45, 7) is 2.69. The van der Waals surface area contributed by atoms with Gasteiger partial charge in [-0.3, -0.25) is 4.79 Å². The molecule has 0 saturated carbocycles. The number of allylic oxidation sites excluding steroid dienone is 17. The Labute approximate surface area is 572 Å². The molecule has 94 heavy (non-hydrogen) atoms. The molecule has 542 valence electrons. The van der Waals surface area contributed by atoms with Crippen LogP contribution in [0.15, 0.2) is 109 Å². The lowest BCUT2D eigenvalue weighted by atomic mass is 9.97. The fourth-order valence-electron chi connectivity index (χ4n) is 11.9.